The maximum absolute atomic E-state index is 10.8. The van der Waals surface area contributed by atoms with Gasteiger partial charge < -0.3 is 9.84 Å². The molecule has 3 rings (SSSR count). The third-order valence-electron chi connectivity index (χ3n) is 2.49. The Hall–Kier alpha value is -2.02. The Balaban J connectivity index is 2.15. The van der Waals surface area contributed by atoms with Crippen LogP contribution in [0.3, 0.4) is 0 Å². The Morgan fingerprint density at radius 2 is 2.31 bits per heavy atom. The van der Waals surface area contributed by atoms with Crippen LogP contribution in [0.25, 0.3) is 11.0 Å². The van der Waals surface area contributed by atoms with Crippen molar-refractivity contribution in [3.8, 4) is 0 Å². The summed E-state index contributed by atoms with van der Waals surface area (Å²) in [4.78, 5) is 18.5. The Morgan fingerprint density at radius 3 is 2.94 bits per heavy atom. The molecule has 0 amide bonds. The van der Waals surface area contributed by atoms with Crippen LogP contribution >= 0.6 is 0 Å². The second-order valence-corrected chi connectivity index (χ2v) is 3.56. The first-order valence-corrected chi connectivity index (χ1v) is 4.77. The number of nitrogens with zero attached hydrogens (tertiary/aromatic N) is 4. The van der Waals surface area contributed by atoms with Gasteiger partial charge in [0.25, 0.3) is 0 Å². The van der Waals surface area contributed by atoms with E-state index in [9.17, 15) is 4.79 Å². The molecule has 82 valence electrons. The zero-order valence-electron chi connectivity index (χ0n) is 8.20. The number of rotatable bonds is 2. The molecule has 1 saturated heterocycles. The fourth-order valence-corrected chi connectivity index (χ4v) is 1.57. The van der Waals surface area contributed by atoms with E-state index in [2.05, 4.69) is 15.1 Å². The molecule has 0 radical (unpaired) electrons. The molecule has 3 heterocycles. The number of fused-ring (bicyclic) bond motifs is 1. The van der Waals surface area contributed by atoms with Gasteiger partial charge in [0.15, 0.2) is 5.65 Å². The molecule has 0 unspecified atom stereocenters. The van der Waals surface area contributed by atoms with Crippen LogP contribution in [0.15, 0.2) is 12.4 Å². The number of hydrogen-bond acceptors (Lipinski definition) is 5. The number of aromatic carboxylic acids is 1. The summed E-state index contributed by atoms with van der Waals surface area (Å²) in [6.45, 7) is 1.17. The summed E-state index contributed by atoms with van der Waals surface area (Å²) in [7, 11) is 0. The summed E-state index contributed by atoms with van der Waals surface area (Å²) >= 11 is 0. The second kappa shape index (κ2) is 3.24. The van der Waals surface area contributed by atoms with E-state index in [0.717, 1.165) is 5.39 Å². The number of carboxylic acids is 1. The molecule has 0 bridgehead atoms. The smallest absolute Gasteiger partial charge is 0.374 e. The molecule has 1 N–H and O–H groups in total. The van der Waals surface area contributed by atoms with Crippen molar-refractivity contribution in [2.24, 2.45) is 0 Å². The predicted octanol–water partition coefficient (Wildman–Crippen LogP) is 0.0958. The first-order chi connectivity index (χ1) is 7.75. The SMILES string of the molecule is O=C(O)c1ncc2cnn(C3COC3)c2n1. The van der Waals surface area contributed by atoms with Gasteiger partial charge in [0.05, 0.1) is 24.8 Å². The van der Waals surface area contributed by atoms with Crippen LogP contribution in [0.2, 0.25) is 0 Å². The number of ether oxygens (including phenoxy) is 1. The second-order valence-electron chi connectivity index (χ2n) is 3.56. The fourth-order valence-electron chi connectivity index (χ4n) is 1.57. The Labute approximate surface area is 89.7 Å². The van der Waals surface area contributed by atoms with Gasteiger partial charge in [-0.25, -0.2) is 19.4 Å². The van der Waals surface area contributed by atoms with E-state index in [1.54, 1.807) is 10.9 Å². The highest BCUT2D eigenvalue weighted by molar-refractivity contribution is 5.86. The summed E-state index contributed by atoms with van der Waals surface area (Å²) in [6.07, 6.45) is 3.09. The number of carbonyl (C=O) groups is 1. The lowest BCUT2D eigenvalue weighted by atomic mass is 10.2. The summed E-state index contributed by atoms with van der Waals surface area (Å²) in [5.74, 6) is -1.35. The first kappa shape index (κ1) is 9.22. The lowest BCUT2D eigenvalue weighted by Gasteiger charge is -2.26. The average Bonchev–Trinajstić information content (AvgIpc) is 2.59. The Bertz CT molecular complexity index is 561. The standard InChI is InChI=1S/C9H8N4O3/c14-9(15)7-10-1-5-2-11-13(8(5)12-7)6-3-16-4-6/h1-2,6H,3-4H2,(H,14,15). The minimum Gasteiger partial charge on any atom is -0.475 e. The summed E-state index contributed by atoms with van der Waals surface area (Å²) in [5, 5.41) is 13.7. The van der Waals surface area contributed by atoms with E-state index in [1.807, 2.05) is 0 Å². The van der Waals surface area contributed by atoms with Crippen LogP contribution in [-0.2, 0) is 4.74 Å². The maximum atomic E-state index is 10.8. The highest BCUT2D eigenvalue weighted by atomic mass is 16.5. The van der Waals surface area contributed by atoms with Crippen molar-refractivity contribution >= 4 is 17.0 Å². The molecule has 7 heteroatoms. The molecule has 0 spiro atoms. The van der Waals surface area contributed by atoms with Crippen molar-refractivity contribution in [2.75, 3.05) is 13.2 Å². The summed E-state index contributed by atoms with van der Waals surface area (Å²) < 4.78 is 6.75. The molecule has 1 aliphatic heterocycles. The molecule has 0 aromatic carbocycles. The monoisotopic (exact) mass is 220 g/mol. The average molecular weight is 220 g/mol. The highest BCUT2D eigenvalue weighted by Crippen LogP contribution is 2.21. The largest absolute Gasteiger partial charge is 0.475 e. The quantitative estimate of drug-likeness (QED) is 0.771. The molecule has 0 atom stereocenters. The highest BCUT2D eigenvalue weighted by Gasteiger charge is 2.24. The number of aromatic nitrogens is 4. The molecular formula is C9H8N4O3. The van der Waals surface area contributed by atoms with Gasteiger partial charge in [-0.05, 0) is 0 Å². The lowest BCUT2D eigenvalue weighted by Crippen LogP contribution is -2.31. The van der Waals surface area contributed by atoms with Gasteiger partial charge in [-0.3, -0.25) is 0 Å². The van der Waals surface area contributed by atoms with E-state index in [1.165, 1.54) is 6.20 Å². The number of hydrogen-bond donors (Lipinski definition) is 1. The third kappa shape index (κ3) is 1.25. The molecule has 7 nitrogen and oxygen atoms in total. The lowest BCUT2D eigenvalue weighted by molar-refractivity contribution is -0.0269. The van der Waals surface area contributed by atoms with Gasteiger partial charge in [0.2, 0.25) is 5.82 Å². The molecule has 2 aromatic rings. The van der Waals surface area contributed by atoms with Crippen molar-refractivity contribution in [3.63, 3.8) is 0 Å². The van der Waals surface area contributed by atoms with Gasteiger partial charge in [-0.1, -0.05) is 0 Å². The van der Waals surface area contributed by atoms with Gasteiger partial charge in [-0.2, -0.15) is 5.10 Å². The fraction of sp³-hybridized carbons (Fsp3) is 0.333. The van der Waals surface area contributed by atoms with Crippen molar-refractivity contribution in [2.45, 2.75) is 6.04 Å². The van der Waals surface area contributed by atoms with Crippen LogP contribution < -0.4 is 0 Å². The maximum Gasteiger partial charge on any atom is 0.374 e. The van der Waals surface area contributed by atoms with Gasteiger partial charge in [-0.15, -0.1) is 0 Å². The van der Waals surface area contributed by atoms with Crippen LogP contribution in [0.5, 0.6) is 0 Å². The summed E-state index contributed by atoms with van der Waals surface area (Å²) in [5.41, 5.74) is 0.542. The first-order valence-electron chi connectivity index (χ1n) is 4.77. The van der Waals surface area contributed by atoms with E-state index >= 15 is 0 Å². The van der Waals surface area contributed by atoms with Crippen molar-refractivity contribution in [1.82, 2.24) is 19.7 Å². The third-order valence-corrected chi connectivity index (χ3v) is 2.49. The van der Waals surface area contributed by atoms with E-state index in [4.69, 9.17) is 9.84 Å². The summed E-state index contributed by atoms with van der Waals surface area (Å²) in [6, 6.07) is 0.147. The molecule has 1 aliphatic rings. The predicted molar refractivity (Wildman–Crippen MR) is 52.1 cm³/mol. The van der Waals surface area contributed by atoms with Crippen LogP contribution in [0.4, 0.5) is 0 Å². The molecular weight excluding hydrogens is 212 g/mol. The molecule has 0 saturated carbocycles. The van der Waals surface area contributed by atoms with Crippen LogP contribution in [0, 0.1) is 0 Å². The zero-order valence-corrected chi connectivity index (χ0v) is 8.20. The van der Waals surface area contributed by atoms with Crippen molar-refractivity contribution in [1.29, 1.82) is 0 Å². The minimum atomic E-state index is -1.14. The van der Waals surface area contributed by atoms with Crippen LogP contribution in [0.1, 0.15) is 16.7 Å². The molecule has 2 aromatic heterocycles. The van der Waals surface area contributed by atoms with Crippen LogP contribution in [-0.4, -0.2) is 44.0 Å². The topological polar surface area (TPSA) is 90.1 Å². The minimum absolute atomic E-state index is 0.147. The Morgan fingerprint density at radius 1 is 1.50 bits per heavy atom. The van der Waals surface area contributed by atoms with Gasteiger partial charge in [0.1, 0.15) is 6.04 Å². The van der Waals surface area contributed by atoms with E-state index in [-0.39, 0.29) is 11.9 Å². The normalized spacial score (nSPS) is 16.2. The van der Waals surface area contributed by atoms with Crippen molar-refractivity contribution < 1.29 is 14.6 Å². The van der Waals surface area contributed by atoms with E-state index in [0.29, 0.717) is 18.9 Å². The van der Waals surface area contributed by atoms with E-state index < -0.39 is 5.97 Å². The van der Waals surface area contributed by atoms with Gasteiger partial charge >= 0.3 is 5.97 Å². The van der Waals surface area contributed by atoms with Gasteiger partial charge in [0, 0.05) is 6.20 Å². The molecule has 0 aliphatic carbocycles. The Kier molecular flexibility index (Phi) is 1.87. The molecule has 16 heavy (non-hydrogen) atoms. The molecule has 1 fully saturated rings. The number of carboxylic acid groups (broad SMARTS) is 1. The zero-order chi connectivity index (χ0) is 11.1. The van der Waals surface area contributed by atoms with Crippen molar-refractivity contribution in [3.05, 3.63) is 18.2 Å².